The number of carbonyl (C=O) groups excluding carboxylic acids is 2. The largest absolute Gasteiger partial charge is 0.494 e. The van der Waals surface area contributed by atoms with Crippen molar-refractivity contribution >= 4 is 28.1 Å². The second kappa shape index (κ2) is 10.5. The van der Waals surface area contributed by atoms with Crippen LogP contribution in [-0.4, -0.2) is 49.3 Å². The summed E-state index contributed by atoms with van der Waals surface area (Å²) in [6, 6.07) is 13.3. The molecule has 0 atom stereocenters. The third-order valence-corrected chi connectivity index (χ3v) is 4.69. The monoisotopic (exact) mass is 467 g/mol. The molecule has 0 bridgehead atoms. The first-order valence-electron chi connectivity index (χ1n) is 9.76. The number of hydrazone groups is 1. The summed E-state index contributed by atoms with van der Waals surface area (Å²) in [6.07, 6.45) is 5.07. The molecule has 0 aliphatic heterocycles. The zero-order valence-electron chi connectivity index (χ0n) is 17.8. The smallest absolute Gasteiger partial charge is 0.291 e. The van der Waals surface area contributed by atoms with Crippen molar-refractivity contribution in [2.45, 2.75) is 6.92 Å². The zero-order valence-corrected chi connectivity index (χ0v) is 18.7. The minimum absolute atomic E-state index is 0.0693. The van der Waals surface area contributed by atoms with Crippen LogP contribution in [-0.2, 0) is 10.0 Å². The summed E-state index contributed by atoms with van der Waals surface area (Å²) in [5, 5.41) is 3.87. The Bertz CT molecular complexity index is 1290. The highest BCUT2D eigenvalue weighted by Gasteiger charge is 2.12. The number of benzene rings is 2. The van der Waals surface area contributed by atoms with Crippen molar-refractivity contribution in [2.75, 3.05) is 12.9 Å². The minimum Gasteiger partial charge on any atom is -0.494 e. The van der Waals surface area contributed by atoms with Crippen LogP contribution >= 0.6 is 0 Å². The first-order chi connectivity index (χ1) is 15.7. The van der Waals surface area contributed by atoms with E-state index in [1.54, 1.807) is 18.3 Å². The van der Waals surface area contributed by atoms with E-state index in [9.17, 15) is 18.0 Å². The highest BCUT2D eigenvalue weighted by molar-refractivity contribution is 7.89. The number of sulfonamides is 1. The van der Waals surface area contributed by atoms with Crippen molar-refractivity contribution < 1.29 is 22.7 Å². The van der Waals surface area contributed by atoms with Gasteiger partial charge in [0.15, 0.2) is 0 Å². The van der Waals surface area contributed by atoms with Gasteiger partial charge in [0, 0.05) is 11.1 Å². The molecule has 0 aliphatic carbocycles. The summed E-state index contributed by atoms with van der Waals surface area (Å²) in [7, 11) is -3.68. The number of aromatic nitrogens is 2. The minimum atomic E-state index is -3.68. The van der Waals surface area contributed by atoms with Crippen LogP contribution < -0.4 is 14.9 Å². The second-order valence-corrected chi connectivity index (χ2v) is 8.52. The molecule has 170 valence electrons. The van der Waals surface area contributed by atoms with Crippen LogP contribution in [0.3, 0.4) is 0 Å². The lowest BCUT2D eigenvalue weighted by molar-refractivity contribution is 0.0947. The van der Waals surface area contributed by atoms with Crippen molar-refractivity contribution in [1.82, 2.24) is 20.1 Å². The maximum Gasteiger partial charge on any atom is 0.291 e. The molecular formula is C22H21N5O5S. The zero-order chi connectivity index (χ0) is 23.8. The van der Waals surface area contributed by atoms with Gasteiger partial charge in [-0.25, -0.2) is 23.5 Å². The van der Waals surface area contributed by atoms with Gasteiger partial charge in [-0.2, -0.15) is 5.10 Å². The molecule has 3 rings (SSSR count). The number of amides is 2. The van der Waals surface area contributed by atoms with E-state index in [0.717, 1.165) is 17.6 Å². The number of ether oxygens (including phenoxy) is 1. The molecule has 10 nitrogen and oxygen atoms in total. The second-order valence-electron chi connectivity index (χ2n) is 6.77. The molecule has 0 spiro atoms. The molecule has 0 radical (unpaired) electrons. The molecule has 3 aromatic rings. The average molecular weight is 468 g/mol. The Balaban J connectivity index is 1.67. The molecule has 0 aliphatic rings. The van der Waals surface area contributed by atoms with Crippen LogP contribution in [0, 0.1) is 0 Å². The van der Waals surface area contributed by atoms with Crippen LogP contribution in [0.25, 0.3) is 11.3 Å². The molecule has 11 heteroatoms. The normalized spacial score (nSPS) is 11.2. The van der Waals surface area contributed by atoms with Crippen LogP contribution in [0.15, 0.2) is 66.0 Å². The third kappa shape index (κ3) is 6.94. The number of rotatable bonds is 8. The van der Waals surface area contributed by atoms with Gasteiger partial charge in [0.25, 0.3) is 11.8 Å². The number of hydrogen-bond acceptors (Lipinski definition) is 8. The van der Waals surface area contributed by atoms with Gasteiger partial charge in [-0.3, -0.25) is 14.6 Å². The van der Waals surface area contributed by atoms with Crippen molar-refractivity contribution in [3.8, 4) is 17.0 Å². The van der Waals surface area contributed by atoms with Gasteiger partial charge in [0.2, 0.25) is 10.0 Å². The summed E-state index contributed by atoms with van der Waals surface area (Å²) in [4.78, 5) is 32.7. The van der Waals surface area contributed by atoms with Gasteiger partial charge >= 0.3 is 0 Å². The van der Waals surface area contributed by atoms with E-state index in [1.807, 2.05) is 35.9 Å². The number of hydrogen-bond donors (Lipinski definition) is 2. The Hall–Kier alpha value is -4.12. The topological polar surface area (TPSA) is 140 Å². The van der Waals surface area contributed by atoms with E-state index < -0.39 is 21.8 Å². The standard InChI is InChI=1S/C22H21N5O5S/c1-3-32-18-9-7-16(8-10-18)19-13-23-14-20(25-19)22(29)26-24-12-15-5-4-6-17(11-15)21(28)27-33(2,30)31/h4-14H,3H2,1-2H3,(H,26,29)(H,27,28)/b24-12+. The predicted octanol–water partition coefficient (Wildman–Crippen LogP) is 2.00. The SMILES string of the molecule is CCOc1ccc(-c2cncc(C(=O)N/N=C/c3cccc(C(=O)NS(C)(=O)=O)c3)n2)cc1. The molecule has 2 amide bonds. The molecule has 2 aromatic carbocycles. The first-order valence-corrected chi connectivity index (χ1v) is 11.6. The van der Waals surface area contributed by atoms with Crippen molar-refractivity contribution in [3.63, 3.8) is 0 Å². The van der Waals surface area contributed by atoms with Crippen molar-refractivity contribution in [3.05, 3.63) is 77.7 Å². The number of nitrogens with one attached hydrogen (secondary N) is 2. The van der Waals surface area contributed by atoms with Crippen molar-refractivity contribution in [2.24, 2.45) is 5.10 Å². The van der Waals surface area contributed by atoms with E-state index in [-0.39, 0.29) is 11.3 Å². The van der Waals surface area contributed by atoms with E-state index in [0.29, 0.717) is 17.9 Å². The van der Waals surface area contributed by atoms with Gasteiger partial charge in [-0.1, -0.05) is 12.1 Å². The summed E-state index contributed by atoms with van der Waals surface area (Å²) in [5.41, 5.74) is 4.31. The summed E-state index contributed by atoms with van der Waals surface area (Å²) in [6.45, 7) is 2.46. The van der Waals surface area contributed by atoms with Crippen molar-refractivity contribution in [1.29, 1.82) is 0 Å². The lowest BCUT2D eigenvalue weighted by Crippen LogP contribution is -2.29. The molecule has 0 fully saturated rings. The van der Waals surface area contributed by atoms with E-state index in [4.69, 9.17) is 4.74 Å². The molecule has 1 aromatic heterocycles. The number of nitrogens with zero attached hydrogens (tertiary/aromatic N) is 3. The Morgan fingerprint density at radius 1 is 1.09 bits per heavy atom. The maximum atomic E-state index is 12.4. The summed E-state index contributed by atoms with van der Waals surface area (Å²) in [5.74, 6) is -0.606. The van der Waals surface area contributed by atoms with E-state index in [2.05, 4.69) is 20.5 Å². The first kappa shape index (κ1) is 23.5. The Labute approximate surface area is 190 Å². The van der Waals surface area contributed by atoms with Crippen LogP contribution in [0.1, 0.15) is 33.3 Å². The Kier molecular flexibility index (Phi) is 7.46. The average Bonchev–Trinajstić information content (AvgIpc) is 2.79. The fourth-order valence-corrected chi connectivity index (χ4v) is 3.17. The summed E-state index contributed by atoms with van der Waals surface area (Å²) < 4.78 is 29.7. The highest BCUT2D eigenvalue weighted by atomic mass is 32.2. The van der Waals surface area contributed by atoms with Gasteiger partial charge < -0.3 is 4.74 Å². The predicted molar refractivity (Wildman–Crippen MR) is 122 cm³/mol. The van der Waals surface area contributed by atoms with Gasteiger partial charge in [0.1, 0.15) is 11.4 Å². The van der Waals surface area contributed by atoms with Crippen LogP contribution in [0.2, 0.25) is 0 Å². The van der Waals surface area contributed by atoms with Crippen LogP contribution in [0.4, 0.5) is 0 Å². The number of carbonyl (C=O) groups is 2. The van der Waals surface area contributed by atoms with E-state index >= 15 is 0 Å². The molecule has 33 heavy (non-hydrogen) atoms. The fraction of sp³-hybridized carbons (Fsp3) is 0.136. The molecular weight excluding hydrogens is 446 g/mol. The lowest BCUT2D eigenvalue weighted by Gasteiger charge is -2.06. The van der Waals surface area contributed by atoms with Crippen LogP contribution in [0.5, 0.6) is 5.75 Å². The molecule has 1 heterocycles. The molecule has 0 saturated heterocycles. The third-order valence-electron chi connectivity index (χ3n) is 4.13. The maximum absolute atomic E-state index is 12.4. The fourth-order valence-electron chi connectivity index (χ4n) is 2.71. The molecule has 2 N–H and O–H groups in total. The summed E-state index contributed by atoms with van der Waals surface area (Å²) >= 11 is 0. The van der Waals surface area contributed by atoms with Gasteiger partial charge in [-0.05, 0) is 48.9 Å². The Morgan fingerprint density at radius 3 is 2.55 bits per heavy atom. The van der Waals surface area contributed by atoms with E-state index in [1.165, 1.54) is 24.5 Å². The highest BCUT2D eigenvalue weighted by Crippen LogP contribution is 2.20. The van der Waals surface area contributed by atoms with Gasteiger partial charge in [-0.15, -0.1) is 0 Å². The van der Waals surface area contributed by atoms with Gasteiger partial charge in [0.05, 0.1) is 37.2 Å². The molecule has 0 unspecified atom stereocenters. The quantitative estimate of drug-likeness (QED) is 0.381. The Morgan fingerprint density at radius 2 is 1.85 bits per heavy atom. The molecule has 0 saturated carbocycles. The lowest BCUT2D eigenvalue weighted by atomic mass is 10.1.